The zero-order chi connectivity index (χ0) is 31.1. The third-order valence-corrected chi connectivity index (χ3v) is 4.66. The van der Waals surface area contributed by atoms with E-state index in [2.05, 4.69) is 26.3 Å². The number of alkyl halides is 6. The summed E-state index contributed by atoms with van der Waals surface area (Å²) in [6.07, 6.45) is -8.20. The Morgan fingerprint density at radius 1 is 0.641 bits per heavy atom. The summed E-state index contributed by atoms with van der Waals surface area (Å²) in [5.74, 6) is -27.9. The summed E-state index contributed by atoms with van der Waals surface area (Å²) in [7, 11) is 0. The molecule has 8 nitrogen and oxygen atoms in total. The summed E-state index contributed by atoms with van der Waals surface area (Å²) < 4.78 is 107. The van der Waals surface area contributed by atoms with Gasteiger partial charge in [0.2, 0.25) is 0 Å². The van der Waals surface area contributed by atoms with Crippen LogP contribution in [0.5, 0.6) is 0 Å². The Labute approximate surface area is 221 Å². The van der Waals surface area contributed by atoms with E-state index >= 15 is 8.78 Å². The highest BCUT2D eigenvalue weighted by Gasteiger charge is 2.74. The van der Waals surface area contributed by atoms with Crippen LogP contribution >= 0.6 is 0 Å². The zero-order valence-corrected chi connectivity index (χ0v) is 22.1. The first-order valence-electron chi connectivity index (χ1n) is 11.1. The molecule has 0 aromatic rings. The fourth-order valence-electron chi connectivity index (χ4n) is 2.52. The van der Waals surface area contributed by atoms with Crippen molar-refractivity contribution in [1.29, 1.82) is 0 Å². The largest absolute Gasteiger partial charge is 0.414 e. The van der Waals surface area contributed by atoms with E-state index < -0.39 is 95.3 Å². The minimum Gasteiger partial charge on any atom is -0.414 e. The van der Waals surface area contributed by atoms with E-state index in [9.17, 15) is 36.7 Å². The third-order valence-electron chi connectivity index (χ3n) is 4.66. The lowest BCUT2D eigenvalue weighted by atomic mass is 9.94. The van der Waals surface area contributed by atoms with Crippen LogP contribution in [0.4, 0.5) is 26.3 Å². The van der Waals surface area contributed by atoms with Gasteiger partial charge in [-0.1, -0.05) is 39.7 Å². The van der Waals surface area contributed by atoms with E-state index in [0.717, 1.165) is 34.6 Å². The van der Waals surface area contributed by atoms with Crippen LogP contribution < -0.4 is 0 Å². The molecule has 0 atom stereocenters. The summed E-state index contributed by atoms with van der Waals surface area (Å²) in [4.78, 5) is 49.5. The monoisotopic (exact) mass is 572 g/mol. The normalized spacial score (nSPS) is 12.3. The molecular weight excluding hydrogens is 542 g/mol. The molecule has 0 unspecified atom stereocenters. The van der Waals surface area contributed by atoms with Crippen molar-refractivity contribution >= 4 is 23.9 Å². The predicted molar refractivity (Wildman–Crippen MR) is 125 cm³/mol. The second-order valence-corrected chi connectivity index (χ2v) is 8.76. The van der Waals surface area contributed by atoms with Gasteiger partial charge >= 0.3 is 53.7 Å². The summed E-state index contributed by atoms with van der Waals surface area (Å²) >= 11 is 0. The molecule has 0 spiro atoms. The fraction of sp³-hybridized carbons (Fsp3) is 0.520. The van der Waals surface area contributed by atoms with Crippen molar-refractivity contribution in [3.63, 3.8) is 0 Å². The molecule has 0 fully saturated rings. The van der Waals surface area contributed by atoms with Crippen molar-refractivity contribution in [2.75, 3.05) is 0 Å². The second-order valence-electron chi connectivity index (χ2n) is 8.76. The van der Waals surface area contributed by atoms with Crippen LogP contribution in [0.2, 0.25) is 0 Å². The topological polar surface area (TPSA) is 105 Å². The lowest BCUT2D eigenvalue weighted by Crippen LogP contribution is -2.62. The van der Waals surface area contributed by atoms with Gasteiger partial charge in [-0.2, -0.15) is 26.3 Å². The first-order chi connectivity index (χ1) is 17.5. The van der Waals surface area contributed by atoms with E-state index in [4.69, 9.17) is 18.9 Å². The zero-order valence-electron chi connectivity index (χ0n) is 22.1. The number of carbonyl (C=O) groups is 4. The van der Waals surface area contributed by atoms with Crippen LogP contribution in [0.3, 0.4) is 0 Å². The Morgan fingerprint density at radius 3 is 1.26 bits per heavy atom. The highest BCUT2D eigenvalue weighted by Crippen LogP contribution is 2.52. The Hall–Kier alpha value is -3.58. The molecular formula is C25H30F6O8. The molecule has 0 aliphatic heterocycles. The maximum Gasteiger partial charge on any atom is 0.372 e. The van der Waals surface area contributed by atoms with Crippen LogP contribution in [0.25, 0.3) is 0 Å². The van der Waals surface area contributed by atoms with Gasteiger partial charge in [0.25, 0.3) is 0 Å². The summed E-state index contributed by atoms with van der Waals surface area (Å²) in [5.41, 5.74) is -2.17. The van der Waals surface area contributed by atoms with Gasteiger partial charge in [-0.15, -0.1) is 0 Å². The lowest BCUT2D eigenvalue weighted by molar-refractivity contribution is -0.362. The molecule has 0 bridgehead atoms. The van der Waals surface area contributed by atoms with Crippen LogP contribution in [0.15, 0.2) is 48.6 Å². The van der Waals surface area contributed by atoms with Gasteiger partial charge in [0.15, 0.2) is 0 Å². The van der Waals surface area contributed by atoms with Crippen molar-refractivity contribution in [2.24, 2.45) is 0 Å². The van der Waals surface area contributed by atoms with Gasteiger partial charge in [-0.05, 0) is 27.7 Å². The van der Waals surface area contributed by atoms with Crippen LogP contribution in [-0.4, -0.2) is 53.7 Å². The molecule has 0 rings (SSSR count). The third kappa shape index (κ3) is 8.72. The van der Waals surface area contributed by atoms with E-state index in [1.54, 1.807) is 0 Å². The smallest absolute Gasteiger partial charge is 0.372 e. The fourth-order valence-corrected chi connectivity index (χ4v) is 2.52. The summed E-state index contributed by atoms with van der Waals surface area (Å²) in [5, 5.41) is 0. The number of rotatable bonds is 15. The number of halogens is 6. The van der Waals surface area contributed by atoms with Crippen molar-refractivity contribution in [3.8, 4) is 0 Å². The lowest BCUT2D eigenvalue weighted by Gasteiger charge is -2.41. The quantitative estimate of drug-likeness (QED) is 0.108. The minimum atomic E-state index is -6.16. The summed E-state index contributed by atoms with van der Waals surface area (Å²) in [6.45, 7) is 17.7. The molecule has 0 aliphatic rings. The first kappa shape index (κ1) is 35.4. The molecule has 0 saturated carbocycles. The molecule has 0 N–H and O–H groups in total. The number of ether oxygens (including phenoxy) is 4. The van der Waals surface area contributed by atoms with Crippen molar-refractivity contribution < 1.29 is 64.5 Å². The first-order valence-corrected chi connectivity index (χ1v) is 11.1. The molecule has 0 saturated heterocycles. The molecule has 0 heterocycles. The van der Waals surface area contributed by atoms with E-state index in [-0.39, 0.29) is 0 Å². The number of esters is 4. The molecule has 0 aromatic heterocycles. The average Bonchev–Trinajstić information content (AvgIpc) is 2.77. The maximum absolute atomic E-state index is 15.2. The van der Waals surface area contributed by atoms with Gasteiger partial charge in [-0.3, -0.25) is 0 Å². The average molecular weight is 572 g/mol. The maximum atomic E-state index is 15.2. The second kappa shape index (κ2) is 13.0. The molecule has 0 radical (unpaired) electrons. The SMILES string of the molecule is C=C(C)C(=O)OC(OC(=O)C(=C)C)C(CC(F)(F)C(F)(F)C(F)(F)CCC)(OC(=O)C(=C)C)OC(=O)C(=C)C. The van der Waals surface area contributed by atoms with E-state index in [1.807, 2.05) is 0 Å². The van der Waals surface area contributed by atoms with Gasteiger partial charge in [0, 0.05) is 28.7 Å². The molecule has 0 aliphatic carbocycles. The van der Waals surface area contributed by atoms with Crippen molar-refractivity contribution in [3.05, 3.63) is 48.6 Å². The highest BCUT2D eigenvalue weighted by molar-refractivity contribution is 5.90. The molecule has 0 amide bonds. The predicted octanol–water partition coefficient (Wildman–Crippen LogP) is 5.58. The van der Waals surface area contributed by atoms with Gasteiger partial charge < -0.3 is 18.9 Å². The molecule has 0 aromatic carbocycles. The molecule has 39 heavy (non-hydrogen) atoms. The Kier molecular flexibility index (Phi) is 11.8. The minimum absolute atomic E-state index is 0.482. The Bertz CT molecular complexity index is 991. The van der Waals surface area contributed by atoms with Crippen molar-refractivity contribution in [1.82, 2.24) is 0 Å². The van der Waals surface area contributed by atoms with Crippen LogP contribution in [0.1, 0.15) is 53.9 Å². The Balaban J connectivity index is 7.52. The highest BCUT2D eigenvalue weighted by atomic mass is 19.3. The number of hydrogen-bond donors (Lipinski definition) is 0. The molecule has 14 heteroatoms. The Morgan fingerprint density at radius 2 is 0.974 bits per heavy atom. The standard InChI is InChI=1S/C25H30F6O8/c1-10-11-23(26,27)25(30,31)24(28,29)12-22(38-19(34)15(6)7,39-20(35)16(8)9)21(36-17(32)13(2)3)37-18(33)14(4)5/h21H,2,4,6,8,10-12H2,1,3,5,7,9H3. The van der Waals surface area contributed by atoms with Crippen LogP contribution in [-0.2, 0) is 38.1 Å². The van der Waals surface area contributed by atoms with Gasteiger partial charge in [0.05, 0.1) is 0 Å². The molecule has 220 valence electrons. The van der Waals surface area contributed by atoms with Gasteiger partial charge in [-0.25, -0.2) is 19.2 Å². The summed E-state index contributed by atoms with van der Waals surface area (Å²) in [6, 6.07) is 0. The van der Waals surface area contributed by atoms with Crippen LogP contribution in [0, 0.1) is 0 Å². The van der Waals surface area contributed by atoms with Gasteiger partial charge in [0.1, 0.15) is 6.42 Å². The number of carbonyl (C=O) groups excluding carboxylic acids is 4. The van der Waals surface area contributed by atoms with E-state index in [0.29, 0.717) is 0 Å². The van der Waals surface area contributed by atoms with E-state index in [1.165, 1.54) is 0 Å². The number of hydrogen-bond acceptors (Lipinski definition) is 8. The van der Waals surface area contributed by atoms with Crippen molar-refractivity contribution in [2.45, 2.75) is 83.7 Å².